The standard InChI is InChI=1S/C29H44N6O4S/c1-33(16-17-36)28(37)19-25(32-40(38,39)26-13-12-22-8-4-5-9-23(22)18-26)21-34-14-6-2-3-11-27(34)24-10-7-15-35(20-24)29(30)31/h4-5,8-9,12-13,18,24-25,27,32,36H,2-3,6-7,10-11,14-17,19-21H2,1H3,(H3,30,31). The van der Waals surface area contributed by atoms with Crippen LogP contribution in [0.5, 0.6) is 0 Å². The number of piperidine rings is 1. The SMILES string of the molecule is CN(CCO)C(=O)CC(CN1CCCCCC1C1CCCN(C(=N)N)C1)NS(=O)(=O)c1ccc2ccccc2c1. The molecule has 0 radical (unpaired) electrons. The van der Waals surface area contributed by atoms with Gasteiger partial charge in [-0.2, -0.15) is 0 Å². The van der Waals surface area contributed by atoms with Gasteiger partial charge in [-0.15, -0.1) is 0 Å². The predicted molar refractivity (Wildman–Crippen MR) is 157 cm³/mol. The summed E-state index contributed by atoms with van der Waals surface area (Å²) in [6.45, 7) is 2.79. The molecule has 1 amide bonds. The Bertz CT molecular complexity index is 1270. The van der Waals surface area contributed by atoms with Crippen molar-refractivity contribution >= 4 is 32.7 Å². The molecule has 2 heterocycles. The maximum absolute atomic E-state index is 13.6. The van der Waals surface area contributed by atoms with Crippen LogP contribution in [0.25, 0.3) is 10.8 Å². The second-order valence-corrected chi connectivity index (χ2v) is 12.9. The van der Waals surface area contributed by atoms with Gasteiger partial charge in [-0.1, -0.05) is 43.2 Å². The zero-order chi connectivity index (χ0) is 28.7. The van der Waals surface area contributed by atoms with E-state index < -0.39 is 16.1 Å². The molecule has 2 aromatic carbocycles. The normalized spacial score (nSPS) is 21.6. The molecule has 0 spiro atoms. The number of carbonyl (C=O) groups excluding carboxylic acids is 1. The summed E-state index contributed by atoms with van der Waals surface area (Å²) in [6.07, 6.45) is 6.23. The number of nitrogens with zero attached hydrogens (tertiary/aromatic N) is 3. The quantitative estimate of drug-likeness (QED) is 0.252. The third-order valence-electron chi connectivity index (χ3n) is 8.35. The predicted octanol–water partition coefficient (Wildman–Crippen LogP) is 2.18. The lowest BCUT2D eigenvalue weighted by molar-refractivity contribution is -0.130. The number of carbonyl (C=O) groups is 1. The van der Waals surface area contributed by atoms with E-state index in [0.717, 1.165) is 68.9 Å². The Labute approximate surface area is 238 Å². The monoisotopic (exact) mass is 572 g/mol. The average molecular weight is 573 g/mol. The molecule has 5 N–H and O–H groups in total. The molecule has 4 rings (SSSR count). The molecule has 220 valence electrons. The van der Waals surface area contributed by atoms with Crippen molar-refractivity contribution in [1.82, 2.24) is 19.4 Å². The number of likely N-dealkylation sites (tertiary alicyclic amines) is 2. The molecule has 3 atom stereocenters. The van der Waals surface area contributed by atoms with Crippen molar-refractivity contribution in [2.45, 2.75) is 61.9 Å². The fourth-order valence-corrected chi connectivity index (χ4v) is 7.45. The van der Waals surface area contributed by atoms with Crippen molar-refractivity contribution in [1.29, 1.82) is 5.41 Å². The van der Waals surface area contributed by atoms with Gasteiger partial charge in [0, 0.05) is 51.7 Å². The minimum absolute atomic E-state index is 0.00321. The number of nitrogens with two attached hydrogens (primary N) is 1. The molecule has 0 aliphatic carbocycles. The van der Waals surface area contributed by atoms with E-state index in [1.807, 2.05) is 29.2 Å². The smallest absolute Gasteiger partial charge is 0.240 e. The van der Waals surface area contributed by atoms with Crippen molar-refractivity contribution in [3.63, 3.8) is 0 Å². The van der Waals surface area contributed by atoms with Crippen LogP contribution in [0.15, 0.2) is 47.4 Å². The largest absolute Gasteiger partial charge is 0.395 e. The number of benzene rings is 2. The summed E-state index contributed by atoms with van der Waals surface area (Å²) in [5, 5.41) is 19.1. The van der Waals surface area contributed by atoms with Gasteiger partial charge < -0.3 is 20.6 Å². The van der Waals surface area contributed by atoms with Crippen LogP contribution < -0.4 is 10.5 Å². The Morgan fingerprint density at radius 3 is 2.65 bits per heavy atom. The fourth-order valence-electron chi connectivity index (χ4n) is 6.19. The van der Waals surface area contributed by atoms with Gasteiger partial charge in [0.25, 0.3) is 0 Å². The number of hydrogen-bond donors (Lipinski definition) is 4. The van der Waals surface area contributed by atoms with E-state index in [1.165, 1.54) is 4.90 Å². The van der Waals surface area contributed by atoms with Crippen molar-refractivity contribution in [2.24, 2.45) is 11.7 Å². The van der Waals surface area contributed by atoms with Crippen molar-refractivity contribution in [3.05, 3.63) is 42.5 Å². The number of aliphatic hydroxyl groups is 1. The molecule has 0 bridgehead atoms. The van der Waals surface area contributed by atoms with Gasteiger partial charge in [0.15, 0.2) is 5.96 Å². The van der Waals surface area contributed by atoms with Crippen LogP contribution in [0, 0.1) is 11.3 Å². The number of fused-ring (bicyclic) bond motifs is 1. The van der Waals surface area contributed by atoms with Crippen LogP contribution in [0.3, 0.4) is 0 Å². The highest BCUT2D eigenvalue weighted by Crippen LogP contribution is 2.30. The number of aliphatic hydroxyl groups excluding tert-OH is 1. The number of guanidine groups is 1. The Hall–Kier alpha value is -2.73. The van der Waals surface area contributed by atoms with Crippen LogP contribution >= 0.6 is 0 Å². The molecule has 2 aromatic rings. The fraction of sp³-hybridized carbons (Fsp3) is 0.586. The first kappa shape index (κ1) is 30.2. The molecule has 2 aliphatic heterocycles. The van der Waals surface area contributed by atoms with Crippen LogP contribution in [-0.4, -0.2) is 98.6 Å². The van der Waals surface area contributed by atoms with Crippen LogP contribution in [-0.2, 0) is 14.8 Å². The summed E-state index contributed by atoms with van der Waals surface area (Å²) in [5.41, 5.74) is 5.83. The summed E-state index contributed by atoms with van der Waals surface area (Å²) >= 11 is 0. The van der Waals surface area contributed by atoms with Gasteiger partial charge >= 0.3 is 0 Å². The molecule has 11 heteroatoms. The Kier molecular flexibility index (Phi) is 10.4. The van der Waals surface area contributed by atoms with Crippen molar-refractivity contribution in [3.8, 4) is 0 Å². The minimum atomic E-state index is -3.91. The number of nitrogens with one attached hydrogen (secondary N) is 2. The molecule has 2 fully saturated rings. The van der Waals surface area contributed by atoms with E-state index >= 15 is 0 Å². The Morgan fingerprint density at radius 2 is 1.90 bits per heavy atom. The van der Waals surface area contributed by atoms with E-state index in [4.69, 9.17) is 11.1 Å². The van der Waals surface area contributed by atoms with Gasteiger partial charge in [0.05, 0.1) is 11.5 Å². The molecule has 2 aliphatic rings. The molecular weight excluding hydrogens is 528 g/mol. The zero-order valence-corrected chi connectivity index (χ0v) is 24.3. The van der Waals surface area contributed by atoms with Gasteiger partial charge in [0.2, 0.25) is 15.9 Å². The second kappa shape index (κ2) is 13.8. The molecule has 3 unspecified atom stereocenters. The molecule has 40 heavy (non-hydrogen) atoms. The van der Waals surface area contributed by atoms with E-state index in [2.05, 4.69) is 9.62 Å². The number of rotatable bonds is 10. The molecule has 0 aromatic heterocycles. The van der Waals surface area contributed by atoms with Gasteiger partial charge in [-0.3, -0.25) is 15.1 Å². The Balaban J connectivity index is 1.58. The van der Waals surface area contributed by atoms with E-state index in [0.29, 0.717) is 12.5 Å². The highest BCUT2D eigenvalue weighted by atomic mass is 32.2. The molecule has 2 saturated heterocycles. The molecule has 10 nitrogen and oxygen atoms in total. The highest BCUT2D eigenvalue weighted by Gasteiger charge is 2.35. The zero-order valence-electron chi connectivity index (χ0n) is 23.5. The average Bonchev–Trinajstić information content (AvgIpc) is 3.18. The Morgan fingerprint density at radius 1 is 1.12 bits per heavy atom. The van der Waals surface area contributed by atoms with E-state index in [9.17, 15) is 18.3 Å². The first-order valence-corrected chi connectivity index (χ1v) is 15.8. The van der Waals surface area contributed by atoms with Crippen LogP contribution in [0.4, 0.5) is 0 Å². The lowest BCUT2D eigenvalue weighted by Crippen LogP contribution is -2.54. The van der Waals surface area contributed by atoms with Gasteiger partial charge in [0.1, 0.15) is 0 Å². The lowest BCUT2D eigenvalue weighted by atomic mass is 9.87. The van der Waals surface area contributed by atoms with Gasteiger partial charge in [-0.05, 0) is 61.1 Å². The summed E-state index contributed by atoms with van der Waals surface area (Å²) < 4.78 is 30.1. The number of likely N-dealkylation sites (N-methyl/N-ethyl adjacent to an activating group) is 1. The minimum Gasteiger partial charge on any atom is -0.395 e. The first-order chi connectivity index (χ1) is 19.2. The first-order valence-electron chi connectivity index (χ1n) is 14.4. The summed E-state index contributed by atoms with van der Waals surface area (Å²) in [7, 11) is -2.28. The highest BCUT2D eigenvalue weighted by molar-refractivity contribution is 7.89. The van der Waals surface area contributed by atoms with E-state index in [1.54, 1.807) is 25.2 Å². The number of sulfonamides is 1. The number of amides is 1. The third-order valence-corrected chi connectivity index (χ3v) is 9.87. The van der Waals surface area contributed by atoms with Gasteiger partial charge in [-0.25, -0.2) is 13.1 Å². The number of hydrogen-bond acceptors (Lipinski definition) is 6. The third kappa shape index (κ3) is 7.72. The van der Waals surface area contributed by atoms with Crippen molar-refractivity contribution < 1.29 is 18.3 Å². The van der Waals surface area contributed by atoms with E-state index in [-0.39, 0.29) is 42.4 Å². The maximum atomic E-state index is 13.6. The topological polar surface area (TPSA) is 143 Å². The lowest BCUT2D eigenvalue weighted by Gasteiger charge is -2.42. The molecular formula is C29H44N6O4S. The van der Waals surface area contributed by atoms with Crippen LogP contribution in [0.1, 0.15) is 44.9 Å². The maximum Gasteiger partial charge on any atom is 0.240 e. The summed E-state index contributed by atoms with van der Waals surface area (Å²) in [6, 6.07) is 12.3. The summed E-state index contributed by atoms with van der Waals surface area (Å²) in [4.78, 5) is 19.0. The summed E-state index contributed by atoms with van der Waals surface area (Å²) in [5.74, 6) is 0.205. The molecule has 0 saturated carbocycles. The van der Waals surface area contributed by atoms with Crippen LogP contribution in [0.2, 0.25) is 0 Å². The van der Waals surface area contributed by atoms with Crippen molar-refractivity contribution in [2.75, 3.05) is 46.4 Å². The second-order valence-electron chi connectivity index (χ2n) is 11.2.